The van der Waals surface area contributed by atoms with Crippen LogP contribution < -0.4 is 4.74 Å². The monoisotopic (exact) mass is 491 g/mol. The predicted octanol–water partition coefficient (Wildman–Crippen LogP) is 2.56. The number of hydrogen-bond donors (Lipinski definition) is 0. The van der Waals surface area contributed by atoms with Gasteiger partial charge in [-0.3, -0.25) is 14.5 Å². The van der Waals surface area contributed by atoms with E-state index in [9.17, 15) is 9.59 Å². The molecule has 9 heteroatoms. The molecule has 0 atom stereocenters. The van der Waals surface area contributed by atoms with Crippen LogP contribution in [0, 0.1) is 0 Å². The van der Waals surface area contributed by atoms with Crippen LogP contribution in [-0.4, -0.2) is 77.0 Å². The molecule has 1 fully saturated rings. The van der Waals surface area contributed by atoms with Gasteiger partial charge in [0.05, 0.1) is 20.1 Å². The van der Waals surface area contributed by atoms with Crippen molar-refractivity contribution in [1.29, 1.82) is 0 Å². The largest absolute Gasteiger partial charge is 0.497 e. The first-order chi connectivity index (χ1) is 17.5. The number of amides is 2. The van der Waals surface area contributed by atoms with Crippen molar-refractivity contribution in [1.82, 2.24) is 24.8 Å². The Morgan fingerprint density at radius 3 is 2.53 bits per heavy atom. The first-order valence-corrected chi connectivity index (χ1v) is 12.2. The summed E-state index contributed by atoms with van der Waals surface area (Å²) >= 11 is 0. The van der Waals surface area contributed by atoms with Gasteiger partial charge in [0.1, 0.15) is 5.75 Å². The van der Waals surface area contributed by atoms with E-state index in [1.54, 1.807) is 19.1 Å². The highest BCUT2D eigenvalue weighted by molar-refractivity contribution is 5.79. The number of aryl methyl sites for hydroxylation is 1. The third-order valence-corrected chi connectivity index (χ3v) is 6.33. The second kappa shape index (κ2) is 12.3. The number of carbonyl (C=O) groups excluding carboxylic acids is 2. The first-order valence-electron chi connectivity index (χ1n) is 12.2. The van der Waals surface area contributed by atoms with E-state index < -0.39 is 0 Å². The van der Waals surface area contributed by atoms with Gasteiger partial charge in [-0.15, -0.1) is 0 Å². The van der Waals surface area contributed by atoms with Crippen LogP contribution in [0.5, 0.6) is 5.75 Å². The molecule has 4 rings (SSSR count). The number of ether oxygens (including phenoxy) is 1. The molecule has 0 unspecified atom stereocenters. The summed E-state index contributed by atoms with van der Waals surface area (Å²) in [5, 5.41) is 4.08. The molecule has 0 saturated carbocycles. The van der Waals surface area contributed by atoms with E-state index in [1.165, 1.54) is 0 Å². The van der Waals surface area contributed by atoms with Crippen LogP contribution in [0.25, 0.3) is 0 Å². The van der Waals surface area contributed by atoms with Crippen molar-refractivity contribution in [3.63, 3.8) is 0 Å². The van der Waals surface area contributed by atoms with Crippen molar-refractivity contribution in [2.24, 2.45) is 0 Å². The van der Waals surface area contributed by atoms with E-state index in [0.29, 0.717) is 57.2 Å². The topological polar surface area (TPSA) is 92.0 Å². The Bertz CT molecular complexity index is 1140. The Morgan fingerprint density at radius 1 is 1.03 bits per heavy atom. The van der Waals surface area contributed by atoms with Crippen LogP contribution in [0.15, 0.2) is 59.1 Å². The molecule has 3 aromatic rings. The molecule has 1 aliphatic heterocycles. The summed E-state index contributed by atoms with van der Waals surface area (Å²) in [5.74, 6) is 1.98. The van der Waals surface area contributed by atoms with E-state index in [-0.39, 0.29) is 11.8 Å². The van der Waals surface area contributed by atoms with Gasteiger partial charge in [-0.2, -0.15) is 4.98 Å². The number of rotatable bonds is 10. The van der Waals surface area contributed by atoms with Crippen LogP contribution in [0.4, 0.5) is 0 Å². The second-order valence-electron chi connectivity index (χ2n) is 9.02. The van der Waals surface area contributed by atoms with Gasteiger partial charge in [0.25, 0.3) is 0 Å². The molecule has 0 bridgehead atoms. The number of methoxy groups -OCH3 is 1. The maximum absolute atomic E-state index is 12.7. The van der Waals surface area contributed by atoms with Gasteiger partial charge in [-0.05, 0) is 23.3 Å². The smallest absolute Gasteiger partial charge is 0.227 e. The third kappa shape index (κ3) is 7.14. The molecular formula is C27H33N5O4. The van der Waals surface area contributed by atoms with Crippen molar-refractivity contribution < 1.29 is 18.8 Å². The number of nitrogens with zero attached hydrogens (tertiary/aromatic N) is 5. The Kier molecular flexibility index (Phi) is 8.67. The van der Waals surface area contributed by atoms with Crippen LogP contribution in [0.1, 0.15) is 29.3 Å². The Hall–Kier alpha value is -3.72. The average molecular weight is 492 g/mol. The lowest BCUT2D eigenvalue weighted by atomic mass is 10.1. The Morgan fingerprint density at radius 2 is 1.78 bits per heavy atom. The lowest BCUT2D eigenvalue weighted by Gasteiger charge is -2.34. The fourth-order valence-electron chi connectivity index (χ4n) is 4.23. The van der Waals surface area contributed by atoms with Gasteiger partial charge in [-0.25, -0.2) is 0 Å². The maximum Gasteiger partial charge on any atom is 0.227 e. The van der Waals surface area contributed by atoms with Gasteiger partial charge in [0.2, 0.25) is 17.7 Å². The van der Waals surface area contributed by atoms with Crippen molar-refractivity contribution in [3.05, 3.63) is 77.4 Å². The molecule has 0 aliphatic carbocycles. The van der Waals surface area contributed by atoms with E-state index in [2.05, 4.69) is 15.0 Å². The highest BCUT2D eigenvalue weighted by Crippen LogP contribution is 2.15. The normalized spacial score (nSPS) is 14.0. The van der Waals surface area contributed by atoms with Crippen molar-refractivity contribution in [2.75, 3.05) is 40.3 Å². The molecule has 9 nitrogen and oxygen atoms in total. The zero-order chi connectivity index (χ0) is 25.3. The van der Waals surface area contributed by atoms with Crippen LogP contribution in [0.2, 0.25) is 0 Å². The summed E-state index contributed by atoms with van der Waals surface area (Å²) in [6.07, 6.45) is 1.10. The molecule has 0 radical (unpaired) electrons. The number of benzene rings is 2. The van der Waals surface area contributed by atoms with Crippen molar-refractivity contribution in [2.45, 2.75) is 32.4 Å². The molecule has 1 aliphatic rings. The minimum absolute atomic E-state index is 0.0355. The standard InChI is InChI=1S/C27H33N5O4/c1-30(19-21-7-4-3-5-8-21)26(33)12-11-25-28-24(29-36-25)20-31-13-15-32(16-14-31)27(34)18-22-9-6-10-23(17-22)35-2/h3-10,17H,11-16,18-20H2,1-2H3. The van der Waals surface area contributed by atoms with Crippen molar-refractivity contribution in [3.8, 4) is 5.75 Å². The van der Waals surface area contributed by atoms with Crippen LogP contribution in [-0.2, 0) is 35.5 Å². The van der Waals surface area contributed by atoms with Gasteiger partial charge in [0.15, 0.2) is 5.82 Å². The minimum Gasteiger partial charge on any atom is -0.497 e. The first kappa shape index (κ1) is 25.4. The second-order valence-corrected chi connectivity index (χ2v) is 9.02. The summed E-state index contributed by atoms with van der Waals surface area (Å²) in [6.45, 7) is 3.95. The summed E-state index contributed by atoms with van der Waals surface area (Å²) < 4.78 is 10.6. The molecule has 36 heavy (non-hydrogen) atoms. The molecule has 2 heterocycles. The molecule has 1 aromatic heterocycles. The number of carbonyl (C=O) groups is 2. The van der Waals surface area contributed by atoms with Gasteiger partial charge in [-0.1, -0.05) is 47.6 Å². The fourth-order valence-corrected chi connectivity index (χ4v) is 4.23. The molecule has 2 aromatic carbocycles. The molecule has 190 valence electrons. The van der Waals surface area contributed by atoms with Gasteiger partial charge >= 0.3 is 0 Å². The number of piperazine rings is 1. The predicted molar refractivity (Wildman–Crippen MR) is 134 cm³/mol. The lowest BCUT2D eigenvalue weighted by molar-refractivity contribution is -0.132. The van der Waals surface area contributed by atoms with E-state index in [1.807, 2.05) is 59.5 Å². The molecular weight excluding hydrogens is 458 g/mol. The van der Waals surface area contributed by atoms with Crippen molar-refractivity contribution >= 4 is 11.8 Å². The number of hydrogen-bond acceptors (Lipinski definition) is 7. The molecule has 0 N–H and O–H groups in total. The van der Waals surface area contributed by atoms with Crippen LogP contribution >= 0.6 is 0 Å². The highest BCUT2D eigenvalue weighted by Gasteiger charge is 2.23. The summed E-state index contributed by atoms with van der Waals surface area (Å²) in [6, 6.07) is 17.5. The van der Waals surface area contributed by atoms with Gasteiger partial charge in [0, 0.05) is 52.6 Å². The number of aromatic nitrogens is 2. The average Bonchev–Trinajstić information content (AvgIpc) is 3.35. The SMILES string of the molecule is COc1cccc(CC(=O)N2CCN(Cc3noc(CCC(=O)N(C)Cc4ccccc4)n3)CC2)c1. The zero-order valence-corrected chi connectivity index (χ0v) is 20.9. The molecule has 2 amide bonds. The van der Waals surface area contributed by atoms with E-state index >= 15 is 0 Å². The maximum atomic E-state index is 12.7. The van der Waals surface area contributed by atoms with Crippen LogP contribution in [0.3, 0.4) is 0 Å². The highest BCUT2D eigenvalue weighted by atomic mass is 16.5. The summed E-state index contributed by atoms with van der Waals surface area (Å²) in [4.78, 5) is 35.5. The third-order valence-electron chi connectivity index (χ3n) is 6.33. The zero-order valence-electron chi connectivity index (χ0n) is 20.9. The minimum atomic E-state index is 0.0355. The van der Waals surface area contributed by atoms with E-state index in [0.717, 1.165) is 30.0 Å². The lowest BCUT2D eigenvalue weighted by Crippen LogP contribution is -2.48. The summed E-state index contributed by atoms with van der Waals surface area (Å²) in [7, 11) is 3.42. The van der Waals surface area contributed by atoms with Gasteiger partial charge < -0.3 is 19.1 Å². The fraction of sp³-hybridized carbons (Fsp3) is 0.407. The van der Waals surface area contributed by atoms with E-state index in [4.69, 9.17) is 9.26 Å². The Balaban J connectivity index is 1.18. The molecule has 0 spiro atoms. The quantitative estimate of drug-likeness (QED) is 0.430. The summed E-state index contributed by atoms with van der Waals surface area (Å²) in [5.41, 5.74) is 2.04. The Labute approximate surface area is 211 Å². The molecule has 1 saturated heterocycles.